The van der Waals surface area contributed by atoms with Gasteiger partial charge in [0.25, 0.3) is 0 Å². The van der Waals surface area contributed by atoms with Crippen LogP contribution in [0.3, 0.4) is 0 Å². The molecule has 0 saturated heterocycles. The number of carbonyl (C=O) groups excluding carboxylic acids is 1. The topological polar surface area (TPSA) is 37.3 Å². The highest BCUT2D eigenvalue weighted by Gasteiger charge is 2.00. The number of aliphatic hydroxyl groups excluding tert-OH is 1. The Bertz CT molecular complexity index is 102. The van der Waals surface area contributed by atoms with Crippen molar-refractivity contribution in [1.29, 1.82) is 0 Å². The second kappa shape index (κ2) is 8.72. The van der Waals surface area contributed by atoms with Gasteiger partial charge in [-0.2, -0.15) is 0 Å². The standard InChI is InChI=1S/C10H20O2/c1-2-7-10(12)8-5-3-4-6-9-11/h9-10,12H,2-8H2,1H3. The first-order chi connectivity index (χ1) is 5.81. The van der Waals surface area contributed by atoms with Gasteiger partial charge in [-0.05, 0) is 19.3 Å². The predicted octanol–water partition coefficient (Wildman–Crippen LogP) is 2.30. The van der Waals surface area contributed by atoms with Gasteiger partial charge in [0.05, 0.1) is 6.10 Å². The maximum absolute atomic E-state index is 9.95. The number of aldehydes is 1. The van der Waals surface area contributed by atoms with Gasteiger partial charge in [-0.15, -0.1) is 0 Å². The minimum Gasteiger partial charge on any atom is -0.393 e. The normalized spacial score (nSPS) is 12.8. The Morgan fingerprint density at radius 2 is 2.00 bits per heavy atom. The summed E-state index contributed by atoms with van der Waals surface area (Å²) in [7, 11) is 0. The summed E-state index contributed by atoms with van der Waals surface area (Å²) in [6, 6.07) is 0. The van der Waals surface area contributed by atoms with Gasteiger partial charge in [-0.1, -0.05) is 26.2 Å². The fourth-order valence-electron chi connectivity index (χ4n) is 1.26. The first kappa shape index (κ1) is 11.6. The number of hydrogen-bond donors (Lipinski definition) is 1. The van der Waals surface area contributed by atoms with Crippen LogP contribution in [0.5, 0.6) is 0 Å². The Kier molecular flexibility index (Phi) is 8.46. The molecular formula is C10H20O2. The van der Waals surface area contributed by atoms with E-state index in [-0.39, 0.29) is 6.10 Å². The minimum absolute atomic E-state index is 0.119. The van der Waals surface area contributed by atoms with Crippen molar-refractivity contribution in [2.75, 3.05) is 0 Å². The number of hydrogen-bond acceptors (Lipinski definition) is 2. The van der Waals surface area contributed by atoms with Gasteiger partial charge >= 0.3 is 0 Å². The molecule has 0 bridgehead atoms. The highest BCUT2D eigenvalue weighted by molar-refractivity contribution is 5.48. The fraction of sp³-hybridized carbons (Fsp3) is 0.900. The average molecular weight is 172 g/mol. The first-order valence-corrected chi connectivity index (χ1v) is 4.93. The van der Waals surface area contributed by atoms with Crippen LogP contribution in [0.1, 0.15) is 51.9 Å². The van der Waals surface area contributed by atoms with E-state index in [9.17, 15) is 9.90 Å². The zero-order chi connectivity index (χ0) is 9.23. The van der Waals surface area contributed by atoms with Gasteiger partial charge in [0.15, 0.2) is 0 Å². The molecule has 12 heavy (non-hydrogen) atoms. The van der Waals surface area contributed by atoms with Gasteiger partial charge in [0, 0.05) is 6.42 Å². The molecule has 0 fully saturated rings. The molecule has 1 atom stereocenters. The zero-order valence-electron chi connectivity index (χ0n) is 7.96. The van der Waals surface area contributed by atoms with Crippen molar-refractivity contribution in [3.05, 3.63) is 0 Å². The van der Waals surface area contributed by atoms with Crippen molar-refractivity contribution >= 4 is 6.29 Å². The summed E-state index contributed by atoms with van der Waals surface area (Å²) in [5.74, 6) is 0. The van der Waals surface area contributed by atoms with Crippen molar-refractivity contribution < 1.29 is 9.90 Å². The molecule has 0 aliphatic heterocycles. The number of carbonyl (C=O) groups is 1. The van der Waals surface area contributed by atoms with Gasteiger partial charge < -0.3 is 9.90 Å². The third-order valence-corrected chi connectivity index (χ3v) is 1.98. The summed E-state index contributed by atoms with van der Waals surface area (Å²) < 4.78 is 0. The van der Waals surface area contributed by atoms with Crippen molar-refractivity contribution in [1.82, 2.24) is 0 Å². The van der Waals surface area contributed by atoms with E-state index in [0.29, 0.717) is 6.42 Å². The van der Waals surface area contributed by atoms with E-state index in [0.717, 1.165) is 44.8 Å². The number of rotatable bonds is 8. The molecule has 0 aromatic carbocycles. The van der Waals surface area contributed by atoms with Crippen LogP contribution in [0, 0.1) is 0 Å². The van der Waals surface area contributed by atoms with Crippen LogP contribution in [0.25, 0.3) is 0 Å². The van der Waals surface area contributed by atoms with Gasteiger partial charge in [0.2, 0.25) is 0 Å². The summed E-state index contributed by atoms with van der Waals surface area (Å²) in [5, 5.41) is 9.34. The Morgan fingerprint density at radius 3 is 2.58 bits per heavy atom. The Morgan fingerprint density at radius 1 is 1.25 bits per heavy atom. The molecule has 0 aliphatic carbocycles. The van der Waals surface area contributed by atoms with Crippen LogP contribution in [0.2, 0.25) is 0 Å². The van der Waals surface area contributed by atoms with Crippen LogP contribution in [-0.2, 0) is 4.79 Å². The Balaban J connectivity index is 3.02. The summed E-state index contributed by atoms with van der Waals surface area (Å²) in [4.78, 5) is 9.95. The second-order valence-electron chi connectivity index (χ2n) is 3.25. The second-order valence-corrected chi connectivity index (χ2v) is 3.25. The molecule has 0 amide bonds. The van der Waals surface area contributed by atoms with Crippen molar-refractivity contribution in [3.8, 4) is 0 Å². The van der Waals surface area contributed by atoms with Gasteiger partial charge in [0.1, 0.15) is 6.29 Å². The number of aliphatic hydroxyl groups is 1. The molecule has 0 radical (unpaired) electrons. The van der Waals surface area contributed by atoms with Crippen LogP contribution in [-0.4, -0.2) is 17.5 Å². The molecule has 72 valence electrons. The van der Waals surface area contributed by atoms with Crippen LogP contribution < -0.4 is 0 Å². The third kappa shape index (κ3) is 7.73. The minimum atomic E-state index is -0.119. The van der Waals surface area contributed by atoms with E-state index in [4.69, 9.17) is 0 Å². The summed E-state index contributed by atoms with van der Waals surface area (Å²) in [6.45, 7) is 2.08. The molecule has 0 rings (SSSR count). The van der Waals surface area contributed by atoms with E-state index in [2.05, 4.69) is 6.92 Å². The van der Waals surface area contributed by atoms with Crippen LogP contribution >= 0.6 is 0 Å². The Labute approximate surface area is 75.0 Å². The lowest BCUT2D eigenvalue weighted by Gasteiger charge is -2.07. The molecule has 0 saturated carbocycles. The molecule has 0 heterocycles. The van der Waals surface area contributed by atoms with Crippen molar-refractivity contribution in [2.24, 2.45) is 0 Å². The average Bonchev–Trinajstić information content (AvgIpc) is 2.05. The largest absolute Gasteiger partial charge is 0.393 e. The van der Waals surface area contributed by atoms with E-state index < -0.39 is 0 Å². The monoisotopic (exact) mass is 172 g/mol. The summed E-state index contributed by atoms with van der Waals surface area (Å²) in [5.41, 5.74) is 0. The molecule has 1 unspecified atom stereocenters. The smallest absolute Gasteiger partial charge is 0.119 e. The van der Waals surface area contributed by atoms with Gasteiger partial charge in [-0.25, -0.2) is 0 Å². The fourth-order valence-corrected chi connectivity index (χ4v) is 1.26. The number of unbranched alkanes of at least 4 members (excludes halogenated alkanes) is 3. The zero-order valence-corrected chi connectivity index (χ0v) is 7.96. The van der Waals surface area contributed by atoms with Crippen LogP contribution in [0.15, 0.2) is 0 Å². The quantitative estimate of drug-likeness (QED) is 0.450. The third-order valence-electron chi connectivity index (χ3n) is 1.98. The molecule has 0 aromatic heterocycles. The van der Waals surface area contributed by atoms with E-state index in [1.54, 1.807) is 0 Å². The maximum atomic E-state index is 9.95. The summed E-state index contributed by atoms with van der Waals surface area (Å²) in [6.07, 6.45) is 7.46. The molecule has 0 spiro atoms. The van der Waals surface area contributed by atoms with E-state index in [1.165, 1.54) is 0 Å². The van der Waals surface area contributed by atoms with Crippen molar-refractivity contribution in [3.63, 3.8) is 0 Å². The molecule has 2 nitrogen and oxygen atoms in total. The lowest BCUT2D eigenvalue weighted by atomic mass is 10.1. The molecule has 2 heteroatoms. The SMILES string of the molecule is CCCC(O)CCCCCC=O. The molecular weight excluding hydrogens is 152 g/mol. The molecule has 1 N–H and O–H groups in total. The Hall–Kier alpha value is -0.370. The van der Waals surface area contributed by atoms with Crippen LogP contribution in [0.4, 0.5) is 0 Å². The highest BCUT2D eigenvalue weighted by Crippen LogP contribution is 2.08. The van der Waals surface area contributed by atoms with E-state index in [1.807, 2.05) is 0 Å². The maximum Gasteiger partial charge on any atom is 0.119 e. The first-order valence-electron chi connectivity index (χ1n) is 4.93. The highest BCUT2D eigenvalue weighted by atomic mass is 16.3. The lowest BCUT2D eigenvalue weighted by molar-refractivity contribution is -0.107. The van der Waals surface area contributed by atoms with Gasteiger partial charge in [-0.3, -0.25) is 0 Å². The van der Waals surface area contributed by atoms with E-state index >= 15 is 0 Å². The molecule has 0 aromatic rings. The van der Waals surface area contributed by atoms with Crippen molar-refractivity contribution in [2.45, 2.75) is 58.0 Å². The summed E-state index contributed by atoms with van der Waals surface area (Å²) >= 11 is 0. The predicted molar refractivity (Wildman–Crippen MR) is 50.1 cm³/mol. The lowest BCUT2D eigenvalue weighted by Crippen LogP contribution is -2.04. The molecule has 0 aliphatic rings.